The fourth-order valence-corrected chi connectivity index (χ4v) is 3.86. The van der Waals surface area contributed by atoms with Gasteiger partial charge < -0.3 is 4.74 Å². The van der Waals surface area contributed by atoms with Gasteiger partial charge in [-0.3, -0.25) is 25.2 Å². The van der Waals surface area contributed by atoms with Gasteiger partial charge in [-0.25, -0.2) is 8.42 Å². The van der Waals surface area contributed by atoms with Crippen LogP contribution in [-0.2, 0) is 24.2 Å². The Labute approximate surface area is 179 Å². The van der Waals surface area contributed by atoms with Crippen LogP contribution in [0.3, 0.4) is 0 Å². The van der Waals surface area contributed by atoms with E-state index in [0.717, 1.165) is 11.1 Å². The van der Waals surface area contributed by atoms with Crippen molar-refractivity contribution >= 4 is 39.2 Å². The minimum Gasteiger partial charge on any atom is -0.455 e. The number of nitrogens with one attached hydrogen (secondary N) is 2. The number of hydrazine groups is 1. The zero-order valence-electron chi connectivity index (χ0n) is 16.4. The summed E-state index contributed by atoms with van der Waals surface area (Å²) in [6.45, 7) is 2.99. The highest BCUT2D eigenvalue weighted by molar-refractivity contribution is 7.91. The molecule has 0 aliphatic rings. The molecule has 0 aliphatic heterocycles. The summed E-state index contributed by atoms with van der Waals surface area (Å²) in [6, 6.07) is 11.0. The van der Waals surface area contributed by atoms with Gasteiger partial charge in [-0.05, 0) is 49.2 Å². The second kappa shape index (κ2) is 10.2. The van der Waals surface area contributed by atoms with Crippen molar-refractivity contribution < 1.29 is 27.5 Å². The van der Waals surface area contributed by atoms with Gasteiger partial charge in [0.2, 0.25) is 0 Å². The average Bonchev–Trinajstić information content (AvgIpc) is 2.71. The summed E-state index contributed by atoms with van der Waals surface area (Å²) >= 11 is 5.88. The lowest BCUT2D eigenvalue weighted by atomic mass is 10.1. The third-order valence-corrected chi connectivity index (χ3v) is 6.25. The molecule has 2 amide bonds. The standard InChI is InChI=1S/C20H21ClN2O6S/c1-13-7-8-15(11-14(13)2)30(27,28)10-9-19(25)29-12-18(24)22-23-20(26)16-5-3-4-6-17(16)21/h3-8,11H,9-10,12H2,1-2H3,(H,22,24)(H,23,26). The number of carbonyl (C=O) groups excluding carboxylic acids is 3. The zero-order chi connectivity index (χ0) is 22.3. The van der Waals surface area contributed by atoms with Gasteiger partial charge in [-0.2, -0.15) is 0 Å². The Balaban J connectivity index is 1.77. The van der Waals surface area contributed by atoms with E-state index in [9.17, 15) is 22.8 Å². The molecule has 0 atom stereocenters. The van der Waals surface area contributed by atoms with E-state index in [0.29, 0.717) is 0 Å². The number of hydrogen-bond donors (Lipinski definition) is 2. The van der Waals surface area contributed by atoms with Gasteiger partial charge in [0.1, 0.15) is 0 Å². The van der Waals surface area contributed by atoms with Gasteiger partial charge in [0, 0.05) is 0 Å². The van der Waals surface area contributed by atoms with Gasteiger partial charge in [0.25, 0.3) is 11.8 Å². The van der Waals surface area contributed by atoms with Crippen LogP contribution in [0, 0.1) is 13.8 Å². The van der Waals surface area contributed by atoms with E-state index >= 15 is 0 Å². The highest BCUT2D eigenvalue weighted by atomic mass is 35.5. The van der Waals surface area contributed by atoms with Crippen molar-refractivity contribution in [1.82, 2.24) is 10.9 Å². The first-order chi connectivity index (χ1) is 14.1. The largest absolute Gasteiger partial charge is 0.455 e. The maximum Gasteiger partial charge on any atom is 0.307 e. The van der Waals surface area contributed by atoms with E-state index in [1.807, 2.05) is 6.92 Å². The smallest absolute Gasteiger partial charge is 0.307 e. The number of aryl methyl sites for hydroxylation is 2. The molecule has 2 rings (SSSR count). The number of esters is 1. The summed E-state index contributed by atoms with van der Waals surface area (Å²) in [7, 11) is -3.66. The van der Waals surface area contributed by atoms with Crippen molar-refractivity contribution in [3.8, 4) is 0 Å². The van der Waals surface area contributed by atoms with Crippen LogP contribution in [0.1, 0.15) is 27.9 Å². The number of halogens is 1. The van der Waals surface area contributed by atoms with Crippen LogP contribution < -0.4 is 10.9 Å². The van der Waals surface area contributed by atoms with Crippen molar-refractivity contribution in [3.05, 3.63) is 64.2 Å². The molecule has 0 saturated heterocycles. The summed E-state index contributed by atoms with van der Waals surface area (Å²) in [5, 5.41) is 0.209. The van der Waals surface area contributed by atoms with Gasteiger partial charge in [-0.1, -0.05) is 29.8 Å². The number of sulfone groups is 1. The number of benzene rings is 2. The van der Waals surface area contributed by atoms with Gasteiger partial charge in [0.05, 0.1) is 27.7 Å². The third-order valence-electron chi connectivity index (χ3n) is 4.21. The van der Waals surface area contributed by atoms with Gasteiger partial charge in [-0.15, -0.1) is 0 Å². The van der Waals surface area contributed by atoms with Crippen LogP contribution in [0.4, 0.5) is 0 Å². The predicted octanol–water partition coefficient (Wildman–Crippen LogP) is 2.13. The molecule has 0 aromatic heterocycles. The average molecular weight is 453 g/mol. The molecule has 2 aromatic rings. The minimum absolute atomic E-state index is 0.124. The fraction of sp³-hybridized carbons (Fsp3) is 0.250. The molecular formula is C20H21ClN2O6S. The number of hydrogen-bond acceptors (Lipinski definition) is 6. The van der Waals surface area contributed by atoms with Gasteiger partial charge in [0.15, 0.2) is 16.4 Å². The van der Waals surface area contributed by atoms with Crippen molar-refractivity contribution in [1.29, 1.82) is 0 Å². The molecule has 2 N–H and O–H groups in total. The molecule has 10 heteroatoms. The maximum absolute atomic E-state index is 12.3. The molecule has 0 fully saturated rings. The molecular weight excluding hydrogens is 432 g/mol. The van der Waals surface area contributed by atoms with E-state index in [2.05, 4.69) is 10.9 Å². The quantitative estimate of drug-likeness (QED) is 0.490. The van der Waals surface area contributed by atoms with Crippen molar-refractivity contribution in [2.75, 3.05) is 12.4 Å². The molecule has 30 heavy (non-hydrogen) atoms. The van der Waals surface area contributed by atoms with Crippen molar-refractivity contribution in [2.24, 2.45) is 0 Å². The third kappa shape index (κ3) is 6.57. The van der Waals surface area contributed by atoms with Crippen molar-refractivity contribution in [2.45, 2.75) is 25.2 Å². The predicted molar refractivity (Wildman–Crippen MR) is 111 cm³/mol. The van der Waals surface area contributed by atoms with E-state index in [4.69, 9.17) is 16.3 Å². The Hall–Kier alpha value is -2.91. The second-order valence-corrected chi connectivity index (χ2v) is 8.97. The summed E-state index contributed by atoms with van der Waals surface area (Å²) in [6.07, 6.45) is -0.408. The first kappa shape index (κ1) is 23.4. The molecule has 2 aromatic carbocycles. The highest BCUT2D eigenvalue weighted by Gasteiger charge is 2.18. The monoisotopic (exact) mass is 452 g/mol. The van der Waals surface area contributed by atoms with Crippen molar-refractivity contribution in [3.63, 3.8) is 0 Å². The van der Waals surface area contributed by atoms with Crippen LogP contribution in [0.15, 0.2) is 47.4 Å². The Bertz CT molecular complexity index is 1070. The normalized spacial score (nSPS) is 10.9. The lowest BCUT2D eigenvalue weighted by Crippen LogP contribution is -2.43. The number of rotatable bonds is 7. The minimum atomic E-state index is -3.66. The number of carbonyl (C=O) groups is 3. The van der Waals surface area contributed by atoms with E-state index in [1.165, 1.54) is 18.2 Å². The first-order valence-corrected chi connectivity index (χ1v) is 10.9. The summed E-state index contributed by atoms with van der Waals surface area (Å²) in [5.74, 6) is -2.73. The molecule has 0 bridgehead atoms. The second-order valence-electron chi connectivity index (χ2n) is 6.46. The molecule has 0 heterocycles. The lowest BCUT2D eigenvalue weighted by Gasteiger charge is -2.09. The summed E-state index contributed by atoms with van der Waals surface area (Å²) < 4.78 is 29.4. The Morgan fingerprint density at radius 1 is 1.00 bits per heavy atom. The van der Waals surface area contributed by atoms with Crippen LogP contribution in [0.5, 0.6) is 0 Å². The van der Waals surface area contributed by atoms with Gasteiger partial charge >= 0.3 is 5.97 Å². The Kier molecular flexibility index (Phi) is 7.96. The summed E-state index contributed by atoms with van der Waals surface area (Å²) in [5.41, 5.74) is 6.17. The topological polar surface area (TPSA) is 119 Å². The van der Waals surface area contributed by atoms with Crippen LogP contribution >= 0.6 is 11.6 Å². The van der Waals surface area contributed by atoms with E-state index < -0.39 is 46.4 Å². The lowest BCUT2D eigenvalue weighted by molar-refractivity contribution is -0.148. The summed E-state index contributed by atoms with van der Waals surface area (Å²) in [4.78, 5) is 35.5. The first-order valence-electron chi connectivity index (χ1n) is 8.89. The Morgan fingerprint density at radius 2 is 1.70 bits per heavy atom. The number of amides is 2. The number of ether oxygens (including phenoxy) is 1. The molecule has 160 valence electrons. The maximum atomic E-state index is 12.3. The molecule has 0 aliphatic carbocycles. The van der Waals surface area contributed by atoms with E-state index in [1.54, 1.807) is 31.2 Å². The van der Waals surface area contributed by atoms with Crippen LogP contribution in [-0.4, -0.2) is 38.6 Å². The molecule has 0 saturated carbocycles. The zero-order valence-corrected chi connectivity index (χ0v) is 18.0. The molecule has 0 radical (unpaired) electrons. The van der Waals surface area contributed by atoms with Crippen LogP contribution in [0.2, 0.25) is 5.02 Å². The molecule has 8 nitrogen and oxygen atoms in total. The fourth-order valence-electron chi connectivity index (χ4n) is 2.34. The highest BCUT2D eigenvalue weighted by Crippen LogP contribution is 2.17. The van der Waals surface area contributed by atoms with Crippen LogP contribution in [0.25, 0.3) is 0 Å². The molecule has 0 unspecified atom stereocenters. The SMILES string of the molecule is Cc1ccc(S(=O)(=O)CCC(=O)OCC(=O)NNC(=O)c2ccccc2Cl)cc1C. The Morgan fingerprint density at radius 3 is 2.37 bits per heavy atom. The van der Waals surface area contributed by atoms with E-state index in [-0.39, 0.29) is 15.5 Å². The molecule has 0 spiro atoms.